The molecule has 3 aromatic rings. The molecule has 0 spiro atoms. The first-order chi connectivity index (χ1) is 17.8. The van der Waals surface area contributed by atoms with Crippen LogP contribution in [0.2, 0.25) is 5.02 Å². The van der Waals surface area contributed by atoms with E-state index >= 15 is 0 Å². The minimum absolute atomic E-state index is 0.000654. The summed E-state index contributed by atoms with van der Waals surface area (Å²) in [5, 5.41) is -0.0348. The Balaban J connectivity index is 1.34. The zero-order valence-electron chi connectivity index (χ0n) is 19.3. The van der Waals surface area contributed by atoms with Crippen LogP contribution in [0.5, 0.6) is 23.0 Å². The van der Waals surface area contributed by atoms with Gasteiger partial charge in [-0.3, -0.25) is 14.5 Å². The number of hydrogen-bond acceptors (Lipinski definition) is 7. The second-order valence-electron chi connectivity index (χ2n) is 8.01. The third-order valence-electron chi connectivity index (χ3n) is 5.59. The number of hydrogen-bond donors (Lipinski definition) is 0. The molecule has 0 aliphatic carbocycles. The number of fused-ring (bicyclic) bond motifs is 1. The van der Waals surface area contributed by atoms with Crippen molar-refractivity contribution in [3.05, 3.63) is 85.4 Å². The summed E-state index contributed by atoms with van der Waals surface area (Å²) in [6.07, 6.45) is 1.61. The summed E-state index contributed by atoms with van der Waals surface area (Å²) in [5.41, 5.74) is 1.99. The predicted octanol–water partition coefficient (Wildman–Crippen LogP) is 6.79. The molecule has 7 nitrogen and oxygen atoms in total. The standard InChI is InChI=1S/C26H18BrClFNO6S/c1-33-22-7-15(6-18(27)24(22)34-12-14-2-4-17(29)5-3-14)8-23-25(31)30(26(32)37-23)11-16-9-20-21(10-19(16)28)36-13-35-20/h2-10H,11-13H2,1H3. The molecule has 5 rings (SSSR count). The van der Waals surface area contributed by atoms with Gasteiger partial charge < -0.3 is 18.9 Å². The quantitative estimate of drug-likeness (QED) is 0.274. The maximum atomic E-state index is 13.2. The first kappa shape index (κ1) is 25.4. The zero-order chi connectivity index (χ0) is 26.1. The molecular weight excluding hydrogens is 589 g/mol. The number of carbonyl (C=O) groups is 2. The third kappa shape index (κ3) is 5.41. The summed E-state index contributed by atoms with van der Waals surface area (Å²) in [4.78, 5) is 27.1. The van der Waals surface area contributed by atoms with Gasteiger partial charge in [0, 0.05) is 11.1 Å². The number of rotatable bonds is 7. The molecule has 1 saturated heterocycles. The molecule has 0 unspecified atom stereocenters. The maximum absolute atomic E-state index is 13.2. The van der Waals surface area contributed by atoms with E-state index in [0.717, 1.165) is 22.2 Å². The van der Waals surface area contributed by atoms with Gasteiger partial charge in [0.1, 0.15) is 12.4 Å². The van der Waals surface area contributed by atoms with Crippen molar-refractivity contribution in [2.24, 2.45) is 0 Å². The van der Waals surface area contributed by atoms with Crippen LogP contribution < -0.4 is 18.9 Å². The second kappa shape index (κ2) is 10.6. The van der Waals surface area contributed by atoms with E-state index in [1.165, 1.54) is 19.2 Å². The average molecular weight is 607 g/mol. The summed E-state index contributed by atoms with van der Waals surface area (Å²) in [5.74, 6) is 1.15. The smallest absolute Gasteiger partial charge is 0.293 e. The van der Waals surface area contributed by atoms with E-state index in [9.17, 15) is 14.0 Å². The Kier molecular flexibility index (Phi) is 7.32. The van der Waals surface area contributed by atoms with Crippen LogP contribution in [0.1, 0.15) is 16.7 Å². The fourth-order valence-corrected chi connectivity index (χ4v) is 5.36. The van der Waals surface area contributed by atoms with Crippen molar-refractivity contribution in [3.63, 3.8) is 0 Å². The largest absolute Gasteiger partial charge is 0.493 e. The van der Waals surface area contributed by atoms with Crippen molar-refractivity contribution < 1.29 is 32.9 Å². The molecule has 37 heavy (non-hydrogen) atoms. The van der Waals surface area contributed by atoms with Gasteiger partial charge in [-0.2, -0.15) is 0 Å². The highest BCUT2D eigenvalue weighted by Gasteiger charge is 2.36. The lowest BCUT2D eigenvalue weighted by Crippen LogP contribution is -2.27. The van der Waals surface area contributed by atoms with Gasteiger partial charge in [-0.25, -0.2) is 4.39 Å². The molecule has 1 fully saturated rings. The Bertz CT molecular complexity index is 1430. The summed E-state index contributed by atoms with van der Waals surface area (Å²) in [6.45, 7) is 0.297. The number of ether oxygens (including phenoxy) is 4. The lowest BCUT2D eigenvalue weighted by molar-refractivity contribution is -0.123. The molecular formula is C26H18BrClFNO6S. The fourth-order valence-electron chi connectivity index (χ4n) is 3.74. The van der Waals surface area contributed by atoms with Gasteiger partial charge in [-0.1, -0.05) is 23.7 Å². The van der Waals surface area contributed by atoms with E-state index in [0.29, 0.717) is 43.6 Å². The minimum atomic E-state index is -0.435. The highest BCUT2D eigenvalue weighted by molar-refractivity contribution is 9.10. The van der Waals surface area contributed by atoms with Crippen molar-refractivity contribution in [1.29, 1.82) is 0 Å². The van der Waals surface area contributed by atoms with Gasteiger partial charge in [-0.05, 0) is 80.8 Å². The van der Waals surface area contributed by atoms with Crippen molar-refractivity contribution >= 4 is 56.5 Å². The summed E-state index contributed by atoms with van der Waals surface area (Å²) in [7, 11) is 1.50. The molecule has 11 heteroatoms. The summed E-state index contributed by atoms with van der Waals surface area (Å²) >= 11 is 10.7. The van der Waals surface area contributed by atoms with E-state index in [-0.39, 0.29) is 30.7 Å². The second-order valence-corrected chi connectivity index (χ2v) is 10.3. The van der Waals surface area contributed by atoms with Gasteiger partial charge >= 0.3 is 0 Å². The molecule has 0 N–H and O–H groups in total. The molecule has 2 aliphatic rings. The van der Waals surface area contributed by atoms with Crippen LogP contribution in [0, 0.1) is 5.82 Å². The number of imide groups is 1. The number of methoxy groups -OCH3 is 1. The van der Waals surface area contributed by atoms with Gasteiger partial charge in [0.25, 0.3) is 11.1 Å². The first-order valence-electron chi connectivity index (χ1n) is 10.9. The Morgan fingerprint density at radius 3 is 2.59 bits per heavy atom. The van der Waals surface area contributed by atoms with E-state index in [1.807, 2.05) is 0 Å². The normalized spacial score (nSPS) is 15.6. The van der Waals surface area contributed by atoms with Crippen LogP contribution in [0.25, 0.3) is 6.08 Å². The molecule has 2 heterocycles. The van der Waals surface area contributed by atoms with Crippen molar-refractivity contribution in [1.82, 2.24) is 4.90 Å². The number of amides is 2. The van der Waals surface area contributed by atoms with Crippen molar-refractivity contribution in [3.8, 4) is 23.0 Å². The molecule has 190 valence electrons. The minimum Gasteiger partial charge on any atom is -0.493 e. The molecule has 0 atom stereocenters. The van der Waals surface area contributed by atoms with Gasteiger partial charge in [-0.15, -0.1) is 0 Å². The number of thioether (sulfide) groups is 1. The van der Waals surface area contributed by atoms with Crippen molar-refractivity contribution in [2.75, 3.05) is 13.9 Å². The van der Waals surface area contributed by atoms with Crippen LogP contribution in [0.15, 0.2) is 57.9 Å². The fraction of sp³-hybridized carbons (Fsp3) is 0.154. The van der Waals surface area contributed by atoms with Gasteiger partial charge in [0.15, 0.2) is 23.0 Å². The molecule has 0 saturated carbocycles. The van der Waals surface area contributed by atoms with E-state index < -0.39 is 11.1 Å². The number of nitrogens with zero attached hydrogens (tertiary/aromatic N) is 1. The van der Waals surface area contributed by atoms with E-state index in [2.05, 4.69) is 15.9 Å². The highest BCUT2D eigenvalue weighted by Crippen LogP contribution is 2.41. The van der Waals surface area contributed by atoms with Gasteiger partial charge in [0.05, 0.1) is 23.0 Å². The lowest BCUT2D eigenvalue weighted by Gasteiger charge is -2.14. The van der Waals surface area contributed by atoms with Crippen molar-refractivity contribution in [2.45, 2.75) is 13.2 Å². The molecule has 2 amide bonds. The monoisotopic (exact) mass is 605 g/mol. The third-order valence-corrected chi connectivity index (χ3v) is 7.44. The van der Waals surface area contributed by atoms with Crippen LogP contribution in [-0.4, -0.2) is 29.9 Å². The maximum Gasteiger partial charge on any atom is 0.293 e. The topological polar surface area (TPSA) is 74.3 Å². The lowest BCUT2D eigenvalue weighted by atomic mass is 10.1. The van der Waals surface area contributed by atoms with E-state index in [4.69, 9.17) is 30.5 Å². The molecule has 0 radical (unpaired) electrons. The molecule has 3 aromatic carbocycles. The highest BCUT2D eigenvalue weighted by atomic mass is 79.9. The van der Waals surface area contributed by atoms with Crippen LogP contribution in [-0.2, 0) is 17.9 Å². The Morgan fingerprint density at radius 1 is 1.14 bits per heavy atom. The predicted molar refractivity (Wildman–Crippen MR) is 141 cm³/mol. The van der Waals surface area contributed by atoms with Crippen LogP contribution in [0.4, 0.5) is 9.18 Å². The first-order valence-corrected chi connectivity index (χ1v) is 12.9. The summed E-state index contributed by atoms with van der Waals surface area (Å²) < 4.78 is 35.8. The van der Waals surface area contributed by atoms with Gasteiger partial charge in [0.2, 0.25) is 6.79 Å². The average Bonchev–Trinajstić information content (AvgIpc) is 3.43. The zero-order valence-corrected chi connectivity index (χ0v) is 22.4. The SMILES string of the molecule is COc1cc(C=C2SC(=O)N(Cc3cc4c(cc3Cl)OCO4)C2=O)cc(Br)c1OCc1ccc(F)cc1. The number of benzene rings is 3. The number of carbonyl (C=O) groups excluding carboxylic acids is 2. The Labute approximate surface area is 229 Å². The molecule has 0 bridgehead atoms. The van der Waals surface area contributed by atoms with E-state index in [1.54, 1.807) is 42.5 Å². The number of halogens is 3. The molecule has 2 aliphatic heterocycles. The van der Waals surface area contributed by atoms with Crippen LogP contribution in [0.3, 0.4) is 0 Å². The Morgan fingerprint density at radius 2 is 1.86 bits per heavy atom. The summed E-state index contributed by atoms with van der Waals surface area (Å²) in [6, 6.07) is 12.7. The molecule has 0 aromatic heterocycles. The van der Waals surface area contributed by atoms with Crippen LogP contribution >= 0.6 is 39.3 Å². The Hall–Kier alpha value is -3.21.